The highest BCUT2D eigenvalue weighted by Gasteiger charge is 2.38. The first-order valence-corrected chi connectivity index (χ1v) is 10.4. The maximum atomic E-state index is 12.0. The van der Waals surface area contributed by atoms with Crippen LogP contribution in [0.3, 0.4) is 0 Å². The Kier molecular flexibility index (Phi) is 10.8. The second-order valence-corrected chi connectivity index (χ2v) is 7.47. The van der Waals surface area contributed by atoms with E-state index in [1.54, 1.807) is 6.08 Å². The molecule has 0 saturated carbocycles. The number of esters is 1. The fraction of sp³-hybridized carbons (Fsp3) is 0.727. The van der Waals surface area contributed by atoms with Crippen molar-refractivity contribution >= 4 is 23.3 Å². The lowest BCUT2D eigenvalue weighted by Gasteiger charge is -2.25. The van der Waals surface area contributed by atoms with Crippen LogP contribution in [0.25, 0.3) is 0 Å². The molecule has 1 unspecified atom stereocenters. The molecule has 0 N–H and O–H groups in total. The molecule has 1 atom stereocenters. The normalized spacial score (nSPS) is 19.4. The van der Waals surface area contributed by atoms with Crippen molar-refractivity contribution < 1.29 is 23.9 Å². The van der Waals surface area contributed by atoms with Gasteiger partial charge in [-0.15, -0.1) is 0 Å². The summed E-state index contributed by atoms with van der Waals surface area (Å²) >= 11 is 0. The fourth-order valence-electron chi connectivity index (χ4n) is 3.35. The van der Waals surface area contributed by atoms with Gasteiger partial charge in [-0.3, -0.25) is 19.2 Å². The zero-order chi connectivity index (χ0) is 20.1. The topological polar surface area (TPSA) is 77.5 Å². The zero-order valence-electron chi connectivity index (χ0n) is 16.9. The number of Topliss-reactive ketones (excluding diaryl/α,β-unsaturated/α-hetero) is 2. The van der Waals surface area contributed by atoms with E-state index in [2.05, 4.69) is 6.92 Å². The molecule has 0 aromatic rings. The van der Waals surface area contributed by atoms with E-state index in [0.717, 1.165) is 32.1 Å². The van der Waals surface area contributed by atoms with E-state index in [0.29, 0.717) is 38.5 Å². The lowest BCUT2D eigenvalue weighted by atomic mass is 9.90. The molecule has 152 valence electrons. The third kappa shape index (κ3) is 9.64. The summed E-state index contributed by atoms with van der Waals surface area (Å²) in [5.41, 5.74) is -0.389. The van der Waals surface area contributed by atoms with Gasteiger partial charge < -0.3 is 4.74 Å². The Bertz CT molecular complexity index is 549. The summed E-state index contributed by atoms with van der Waals surface area (Å²) in [5.74, 6) is -0.0483. The largest absolute Gasteiger partial charge is 0.459 e. The summed E-state index contributed by atoms with van der Waals surface area (Å²) in [6.07, 6.45) is 11.1. The minimum atomic E-state index is -0.389. The lowest BCUT2D eigenvalue weighted by Crippen LogP contribution is -2.27. The smallest absolute Gasteiger partial charge is 0.306 e. The van der Waals surface area contributed by atoms with E-state index in [4.69, 9.17) is 4.74 Å². The van der Waals surface area contributed by atoms with Crippen LogP contribution in [0.15, 0.2) is 12.2 Å². The Morgan fingerprint density at radius 1 is 1.00 bits per heavy atom. The number of ketones is 3. The molecule has 1 heterocycles. The SMILES string of the molecule is CCCCCC(=O)CC=CC(=O)CCC(=O)CCCC1(CC)CCC(=O)O1. The Morgan fingerprint density at radius 2 is 1.74 bits per heavy atom. The Balaban J connectivity index is 2.16. The molecule has 1 rings (SSSR count). The molecular weight excluding hydrogens is 344 g/mol. The maximum Gasteiger partial charge on any atom is 0.306 e. The minimum absolute atomic E-state index is 0.0583. The number of cyclic esters (lactones) is 1. The minimum Gasteiger partial charge on any atom is -0.459 e. The molecule has 27 heavy (non-hydrogen) atoms. The van der Waals surface area contributed by atoms with Crippen LogP contribution in [0.5, 0.6) is 0 Å². The van der Waals surface area contributed by atoms with Gasteiger partial charge in [-0.05, 0) is 38.2 Å². The van der Waals surface area contributed by atoms with Crippen LogP contribution in [0, 0.1) is 0 Å². The van der Waals surface area contributed by atoms with Gasteiger partial charge in [0.1, 0.15) is 17.2 Å². The highest BCUT2D eigenvalue weighted by Crippen LogP contribution is 2.34. The van der Waals surface area contributed by atoms with E-state index in [-0.39, 0.29) is 41.8 Å². The molecule has 0 amide bonds. The number of unbranched alkanes of at least 4 members (excludes halogenated alkanes) is 2. The van der Waals surface area contributed by atoms with Gasteiger partial charge >= 0.3 is 5.97 Å². The van der Waals surface area contributed by atoms with Gasteiger partial charge in [-0.2, -0.15) is 0 Å². The summed E-state index contributed by atoms with van der Waals surface area (Å²) in [5, 5.41) is 0. The number of hydrogen-bond acceptors (Lipinski definition) is 5. The van der Waals surface area contributed by atoms with Crippen molar-refractivity contribution in [1.82, 2.24) is 0 Å². The van der Waals surface area contributed by atoms with Crippen LogP contribution in [-0.4, -0.2) is 28.9 Å². The van der Waals surface area contributed by atoms with Crippen molar-refractivity contribution in [2.45, 2.75) is 103 Å². The average molecular weight is 379 g/mol. The van der Waals surface area contributed by atoms with Crippen molar-refractivity contribution in [3.8, 4) is 0 Å². The summed E-state index contributed by atoms with van der Waals surface area (Å²) in [7, 11) is 0. The van der Waals surface area contributed by atoms with Gasteiger partial charge in [0, 0.05) is 38.5 Å². The van der Waals surface area contributed by atoms with Crippen molar-refractivity contribution in [2.24, 2.45) is 0 Å². The molecule has 1 fully saturated rings. The number of rotatable bonds is 15. The average Bonchev–Trinajstić information content (AvgIpc) is 3.01. The molecule has 5 nitrogen and oxygen atoms in total. The van der Waals surface area contributed by atoms with E-state index in [9.17, 15) is 19.2 Å². The molecule has 5 heteroatoms. The van der Waals surface area contributed by atoms with Gasteiger partial charge in [-0.1, -0.05) is 32.8 Å². The van der Waals surface area contributed by atoms with Gasteiger partial charge in [-0.25, -0.2) is 0 Å². The highest BCUT2D eigenvalue weighted by molar-refractivity contribution is 5.93. The number of ether oxygens (including phenoxy) is 1. The molecule has 0 spiro atoms. The summed E-state index contributed by atoms with van der Waals surface area (Å²) in [4.78, 5) is 46.7. The molecular formula is C22H34O5. The molecule has 1 saturated heterocycles. The third-order valence-corrected chi connectivity index (χ3v) is 5.21. The van der Waals surface area contributed by atoms with E-state index in [1.807, 2.05) is 6.92 Å². The Labute approximate surface area is 162 Å². The van der Waals surface area contributed by atoms with Crippen LogP contribution < -0.4 is 0 Å². The second-order valence-electron chi connectivity index (χ2n) is 7.47. The number of carbonyl (C=O) groups is 4. The summed E-state index contributed by atoms with van der Waals surface area (Å²) < 4.78 is 5.43. The van der Waals surface area contributed by atoms with Crippen molar-refractivity contribution in [2.75, 3.05) is 0 Å². The van der Waals surface area contributed by atoms with Crippen molar-refractivity contribution in [1.29, 1.82) is 0 Å². The molecule has 0 aliphatic carbocycles. The fourth-order valence-corrected chi connectivity index (χ4v) is 3.35. The summed E-state index contributed by atoms with van der Waals surface area (Å²) in [6, 6.07) is 0. The highest BCUT2D eigenvalue weighted by atomic mass is 16.6. The van der Waals surface area contributed by atoms with E-state index in [1.165, 1.54) is 6.08 Å². The van der Waals surface area contributed by atoms with Crippen LogP contribution in [0.4, 0.5) is 0 Å². The van der Waals surface area contributed by atoms with E-state index < -0.39 is 0 Å². The summed E-state index contributed by atoms with van der Waals surface area (Å²) in [6.45, 7) is 4.09. The number of allylic oxidation sites excluding steroid dienone is 2. The standard InChI is InChI=1S/C22H34O5/c1-3-5-6-9-18(23)10-7-11-19(24)13-14-20(25)12-8-16-22(4-2)17-15-21(26)27-22/h7,11H,3-6,8-10,12-17H2,1-2H3. The molecule has 0 aromatic heterocycles. The lowest BCUT2D eigenvalue weighted by molar-refractivity contribution is -0.149. The van der Waals surface area contributed by atoms with Gasteiger partial charge in [0.15, 0.2) is 5.78 Å². The van der Waals surface area contributed by atoms with Crippen LogP contribution in [0.1, 0.15) is 97.3 Å². The first-order valence-electron chi connectivity index (χ1n) is 10.4. The first-order chi connectivity index (χ1) is 12.9. The van der Waals surface area contributed by atoms with Crippen molar-refractivity contribution in [3.63, 3.8) is 0 Å². The second kappa shape index (κ2) is 12.6. The molecule has 0 bridgehead atoms. The van der Waals surface area contributed by atoms with Gasteiger partial charge in [0.05, 0.1) is 0 Å². The number of hydrogen-bond donors (Lipinski definition) is 0. The number of carbonyl (C=O) groups excluding carboxylic acids is 4. The van der Waals surface area contributed by atoms with Gasteiger partial charge in [0.2, 0.25) is 0 Å². The molecule has 0 radical (unpaired) electrons. The first kappa shape index (κ1) is 23.3. The van der Waals surface area contributed by atoms with Gasteiger partial charge in [0.25, 0.3) is 0 Å². The third-order valence-electron chi connectivity index (χ3n) is 5.21. The zero-order valence-corrected chi connectivity index (χ0v) is 16.9. The molecule has 0 aromatic carbocycles. The van der Waals surface area contributed by atoms with Crippen molar-refractivity contribution in [3.05, 3.63) is 12.2 Å². The Morgan fingerprint density at radius 3 is 2.37 bits per heavy atom. The van der Waals surface area contributed by atoms with Crippen LogP contribution in [-0.2, 0) is 23.9 Å². The monoisotopic (exact) mass is 378 g/mol. The maximum absolute atomic E-state index is 12.0. The predicted octanol–water partition coefficient (Wildman–Crippen LogP) is 4.66. The predicted molar refractivity (Wildman–Crippen MR) is 104 cm³/mol. The molecule has 1 aliphatic rings. The van der Waals surface area contributed by atoms with E-state index >= 15 is 0 Å². The van der Waals surface area contributed by atoms with Crippen LogP contribution >= 0.6 is 0 Å². The quantitative estimate of drug-likeness (QED) is 0.235. The Hall–Kier alpha value is -1.78. The van der Waals surface area contributed by atoms with Crippen LogP contribution in [0.2, 0.25) is 0 Å². The molecule has 1 aliphatic heterocycles.